The molecule has 1 aliphatic heterocycles. The molecule has 1 atom stereocenters. The van der Waals surface area contributed by atoms with Gasteiger partial charge in [-0.15, -0.1) is 0 Å². The Morgan fingerprint density at radius 1 is 0.581 bits per heavy atom. The zero-order valence-electron chi connectivity index (χ0n) is 16.6. The molecule has 0 saturated heterocycles. The molecule has 1 spiro atoms. The summed E-state index contributed by atoms with van der Waals surface area (Å²) >= 11 is 3.64. The van der Waals surface area contributed by atoms with Crippen molar-refractivity contribution >= 4 is 26.7 Å². The fourth-order valence-corrected chi connectivity index (χ4v) is 5.99. The van der Waals surface area contributed by atoms with Crippen LogP contribution in [0.4, 0.5) is 0 Å². The van der Waals surface area contributed by atoms with E-state index < -0.39 is 5.41 Å². The van der Waals surface area contributed by atoms with Gasteiger partial charge in [0.05, 0.1) is 5.41 Å². The number of para-hydroxylation sites is 1. The van der Waals surface area contributed by atoms with Crippen LogP contribution in [0.25, 0.3) is 21.9 Å². The molecule has 0 fully saturated rings. The van der Waals surface area contributed by atoms with Crippen molar-refractivity contribution in [2.75, 3.05) is 0 Å². The molecule has 0 radical (unpaired) electrons. The van der Waals surface area contributed by atoms with E-state index >= 15 is 0 Å². The van der Waals surface area contributed by atoms with Crippen LogP contribution < -0.4 is 4.74 Å². The summed E-state index contributed by atoms with van der Waals surface area (Å²) in [6, 6.07) is 37.1. The van der Waals surface area contributed by atoms with Gasteiger partial charge in [0.2, 0.25) is 0 Å². The molecular weight excluding hydrogens is 444 g/mol. The molecule has 1 nitrogen and oxygen atoms in total. The number of rotatable bonds is 0. The fourth-order valence-electron chi connectivity index (χ4n) is 5.65. The van der Waals surface area contributed by atoms with Crippen molar-refractivity contribution in [1.29, 1.82) is 0 Å². The Kier molecular flexibility index (Phi) is 3.40. The first-order valence-corrected chi connectivity index (χ1v) is 11.3. The Labute approximate surface area is 189 Å². The largest absolute Gasteiger partial charge is 0.457 e. The molecule has 1 heterocycles. The Morgan fingerprint density at radius 3 is 2.23 bits per heavy atom. The van der Waals surface area contributed by atoms with Crippen LogP contribution >= 0.6 is 15.9 Å². The Morgan fingerprint density at radius 2 is 1.29 bits per heavy atom. The van der Waals surface area contributed by atoms with Gasteiger partial charge in [0.25, 0.3) is 0 Å². The standard InChI is InChI=1S/C29H17BrO/c30-19-14-16-24-27(17-19)31-26-12-6-5-11-23(26)29(24)22-10-4-3-9-21(22)28-20-8-2-1-7-18(20)13-15-25(28)29/h1-17H. The lowest BCUT2D eigenvalue weighted by atomic mass is 9.66. The maximum absolute atomic E-state index is 6.43. The Bertz CT molecular complexity index is 1530. The average Bonchev–Trinajstić information content (AvgIpc) is 3.11. The van der Waals surface area contributed by atoms with Gasteiger partial charge in [-0.1, -0.05) is 101 Å². The minimum atomic E-state index is -0.402. The van der Waals surface area contributed by atoms with Crippen LogP contribution in [-0.4, -0.2) is 0 Å². The number of ether oxygens (including phenoxy) is 1. The van der Waals surface area contributed by atoms with E-state index in [1.807, 2.05) is 0 Å². The first kappa shape index (κ1) is 17.3. The summed E-state index contributed by atoms with van der Waals surface area (Å²) in [6.07, 6.45) is 0. The van der Waals surface area contributed by atoms with Crippen molar-refractivity contribution in [2.45, 2.75) is 5.41 Å². The van der Waals surface area contributed by atoms with Crippen LogP contribution in [0.15, 0.2) is 108 Å². The molecule has 0 aromatic heterocycles. The molecule has 7 rings (SSSR count). The van der Waals surface area contributed by atoms with Gasteiger partial charge in [0.15, 0.2) is 0 Å². The van der Waals surface area contributed by atoms with Gasteiger partial charge in [0, 0.05) is 15.6 Å². The van der Waals surface area contributed by atoms with Crippen molar-refractivity contribution in [2.24, 2.45) is 0 Å². The molecule has 5 aromatic rings. The molecule has 0 N–H and O–H groups in total. The lowest BCUT2D eigenvalue weighted by Crippen LogP contribution is -2.32. The first-order valence-electron chi connectivity index (χ1n) is 10.5. The predicted molar refractivity (Wildman–Crippen MR) is 129 cm³/mol. The number of halogens is 1. The van der Waals surface area contributed by atoms with Crippen LogP contribution in [-0.2, 0) is 5.41 Å². The van der Waals surface area contributed by atoms with Crippen LogP contribution in [0.2, 0.25) is 0 Å². The predicted octanol–water partition coefficient (Wildman–Crippen LogP) is 8.07. The summed E-state index contributed by atoms with van der Waals surface area (Å²) < 4.78 is 7.45. The van der Waals surface area contributed by atoms with Crippen molar-refractivity contribution in [3.63, 3.8) is 0 Å². The monoisotopic (exact) mass is 460 g/mol. The molecule has 1 unspecified atom stereocenters. The van der Waals surface area contributed by atoms with E-state index in [0.29, 0.717) is 0 Å². The van der Waals surface area contributed by atoms with E-state index in [2.05, 4.69) is 119 Å². The minimum Gasteiger partial charge on any atom is -0.457 e. The molecular formula is C29H17BrO. The minimum absolute atomic E-state index is 0.402. The molecule has 2 heteroatoms. The Hall–Kier alpha value is -3.36. The second-order valence-electron chi connectivity index (χ2n) is 8.24. The van der Waals surface area contributed by atoms with Gasteiger partial charge >= 0.3 is 0 Å². The van der Waals surface area contributed by atoms with E-state index in [9.17, 15) is 0 Å². The molecule has 0 bridgehead atoms. The second-order valence-corrected chi connectivity index (χ2v) is 9.16. The molecule has 0 saturated carbocycles. The van der Waals surface area contributed by atoms with E-state index in [0.717, 1.165) is 16.0 Å². The highest BCUT2D eigenvalue weighted by Gasteiger charge is 2.51. The van der Waals surface area contributed by atoms with Crippen molar-refractivity contribution in [3.05, 3.63) is 130 Å². The summed E-state index contributed by atoms with van der Waals surface area (Å²) in [7, 11) is 0. The average molecular weight is 461 g/mol. The zero-order chi connectivity index (χ0) is 20.6. The summed E-state index contributed by atoms with van der Waals surface area (Å²) in [5.41, 5.74) is 7.27. The third-order valence-corrected chi connectivity index (χ3v) is 7.29. The molecule has 2 aliphatic rings. The van der Waals surface area contributed by atoms with Crippen molar-refractivity contribution < 1.29 is 4.74 Å². The molecule has 146 valence electrons. The smallest absolute Gasteiger partial charge is 0.133 e. The molecule has 5 aromatic carbocycles. The van der Waals surface area contributed by atoms with Crippen LogP contribution in [0.5, 0.6) is 11.5 Å². The molecule has 1 aliphatic carbocycles. The highest BCUT2D eigenvalue weighted by Crippen LogP contribution is 2.63. The summed E-state index contributed by atoms with van der Waals surface area (Å²) in [5, 5.41) is 2.57. The fraction of sp³-hybridized carbons (Fsp3) is 0.0345. The lowest BCUT2D eigenvalue weighted by molar-refractivity contribution is 0.436. The van der Waals surface area contributed by atoms with Gasteiger partial charge in [-0.25, -0.2) is 0 Å². The van der Waals surface area contributed by atoms with E-state index in [4.69, 9.17) is 4.74 Å². The lowest BCUT2D eigenvalue weighted by Gasteiger charge is -2.39. The highest BCUT2D eigenvalue weighted by atomic mass is 79.9. The van der Waals surface area contributed by atoms with Gasteiger partial charge < -0.3 is 4.74 Å². The number of hydrogen-bond acceptors (Lipinski definition) is 1. The molecule has 31 heavy (non-hydrogen) atoms. The van der Waals surface area contributed by atoms with Gasteiger partial charge in [0.1, 0.15) is 11.5 Å². The second kappa shape index (κ2) is 6.09. The maximum Gasteiger partial charge on any atom is 0.133 e. The maximum atomic E-state index is 6.43. The summed E-state index contributed by atoms with van der Waals surface area (Å²) in [6.45, 7) is 0. The quantitative estimate of drug-likeness (QED) is 0.222. The third-order valence-electron chi connectivity index (χ3n) is 6.79. The van der Waals surface area contributed by atoms with Crippen molar-refractivity contribution in [1.82, 2.24) is 0 Å². The van der Waals surface area contributed by atoms with E-state index in [1.165, 1.54) is 44.2 Å². The Balaban J connectivity index is 1.74. The van der Waals surface area contributed by atoms with Crippen LogP contribution in [0, 0.1) is 0 Å². The topological polar surface area (TPSA) is 9.23 Å². The van der Waals surface area contributed by atoms with Gasteiger partial charge in [-0.05, 0) is 51.2 Å². The number of fused-ring (bicyclic) bond motifs is 11. The first-order chi connectivity index (χ1) is 15.3. The number of benzene rings is 5. The zero-order valence-corrected chi connectivity index (χ0v) is 18.2. The normalized spacial score (nSPS) is 17.6. The molecule has 0 amide bonds. The summed E-state index contributed by atoms with van der Waals surface area (Å²) in [5.74, 6) is 1.83. The highest BCUT2D eigenvalue weighted by molar-refractivity contribution is 9.10. The van der Waals surface area contributed by atoms with Gasteiger partial charge in [-0.2, -0.15) is 0 Å². The van der Waals surface area contributed by atoms with Gasteiger partial charge in [-0.3, -0.25) is 0 Å². The summed E-state index contributed by atoms with van der Waals surface area (Å²) in [4.78, 5) is 0. The van der Waals surface area contributed by atoms with E-state index in [1.54, 1.807) is 0 Å². The van der Waals surface area contributed by atoms with E-state index in [-0.39, 0.29) is 0 Å². The SMILES string of the molecule is Brc1ccc2c(c1)Oc1ccccc1C21c2ccccc2-c2c1ccc1ccccc21. The van der Waals surface area contributed by atoms with Crippen LogP contribution in [0.1, 0.15) is 22.3 Å². The van der Waals surface area contributed by atoms with Crippen LogP contribution in [0.3, 0.4) is 0 Å². The van der Waals surface area contributed by atoms with Crippen molar-refractivity contribution in [3.8, 4) is 22.6 Å². The number of hydrogen-bond donors (Lipinski definition) is 0. The third kappa shape index (κ3) is 2.11.